The summed E-state index contributed by atoms with van der Waals surface area (Å²) in [5.74, 6) is 0.239. The maximum Gasteiger partial charge on any atom is 0.247 e. The first kappa shape index (κ1) is 29.4. The van der Waals surface area contributed by atoms with Crippen LogP contribution in [0.3, 0.4) is 0 Å². The van der Waals surface area contributed by atoms with Gasteiger partial charge in [-0.25, -0.2) is 0 Å². The van der Waals surface area contributed by atoms with Crippen molar-refractivity contribution in [1.82, 2.24) is 10.2 Å². The zero-order chi connectivity index (χ0) is 28.8. The van der Waals surface area contributed by atoms with Crippen LogP contribution in [-0.2, 0) is 22.6 Å². The van der Waals surface area contributed by atoms with Gasteiger partial charge in [0, 0.05) is 30.6 Å². The van der Waals surface area contributed by atoms with E-state index in [9.17, 15) is 24.9 Å². The number of hydrogen-bond donors (Lipinski definition) is 4. The van der Waals surface area contributed by atoms with Crippen LogP contribution in [-0.4, -0.2) is 84.2 Å². The van der Waals surface area contributed by atoms with E-state index in [-0.39, 0.29) is 32.1 Å². The lowest BCUT2D eigenvalue weighted by Crippen LogP contribution is -2.56. The number of hydrogen-bond acceptors (Lipinski definition) is 8. The minimum Gasteiger partial charge on any atom is -0.497 e. The zero-order valence-electron chi connectivity index (χ0n) is 23.1. The quantitative estimate of drug-likeness (QED) is 0.311. The van der Waals surface area contributed by atoms with E-state index in [1.54, 1.807) is 30.2 Å². The van der Waals surface area contributed by atoms with Gasteiger partial charge in [0.25, 0.3) is 0 Å². The van der Waals surface area contributed by atoms with E-state index < -0.39 is 30.1 Å². The molecule has 0 fully saturated rings. The lowest BCUT2D eigenvalue weighted by Gasteiger charge is -2.41. The van der Waals surface area contributed by atoms with Crippen molar-refractivity contribution in [3.8, 4) is 17.2 Å². The van der Waals surface area contributed by atoms with E-state index in [1.165, 1.54) is 7.11 Å². The van der Waals surface area contributed by atoms with Crippen LogP contribution >= 0.6 is 0 Å². The predicted molar refractivity (Wildman–Crippen MR) is 147 cm³/mol. The summed E-state index contributed by atoms with van der Waals surface area (Å²) in [6.07, 6.45) is 1.04. The van der Waals surface area contributed by atoms with E-state index in [4.69, 9.17) is 14.2 Å². The summed E-state index contributed by atoms with van der Waals surface area (Å²) in [6, 6.07) is 10.1. The number of benzene rings is 2. The monoisotopic (exact) mass is 554 g/mol. The molecule has 10 nitrogen and oxygen atoms in total. The topological polar surface area (TPSA) is 138 Å². The molecule has 1 aliphatic carbocycles. The van der Waals surface area contributed by atoms with Crippen molar-refractivity contribution >= 4 is 11.8 Å². The van der Waals surface area contributed by atoms with Crippen molar-refractivity contribution in [2.24, 2.45) is 0 Å². The van der Waals surface area contributed by atoms with Crippen molar-refractivity contribution in [3.63, 3.8) is 0 Å². The number of ether oxygens (including phenoxy) is 3. The number of nitrogens with zero attached hydrogens (tertiary/aromatic N) is 1. The second-order valence-corrected chi connectivity index (χ2v) is 9.96. The molecule has 1 heterocycles. The van der Waals surface area contributed by atoms with Crippen LogP contribution in [0.2, 0.25) is 0 Å². The second kappa shape index (κ2) is 13.2. The van der Waals surface area contributed by atoms with Crippen molar-refractivity contribution in [2.45, 2.75) is 57.0 Å². The fourth-order valence-electron chi connectivity index (χ4n) is 5.49. The molecule has 0 unspecified atom stereocenters. The molecule has 0 radical (unpaired) electrons. The van der Waals surface area contributed by atoms with Crippen LogP contribution in [0.1, 0.15) is 42.4 Å². The normalized spacial score (nSPS) is 21.0. The minimum atomic E-state index is -1.15. The molecule has 2 aromatic carbocycles. The van der Waals surface area contributed by atoms with Crippen LogP contribution in [0, 0.1) is 0 Å². The molecule has 0 spiro atoms. The van der Waals surface area contributed by atoms with Gasteiger partial charge in [0.05, 0.1) is 39.4 Å². The lowest BCUT2D eigenvalue weighted by molar-refractivity contribution is -0.137. The number of rotatable bonds is 12. The van der Waals surface area contributed by atoms with Gasteiger partial charge in [0.2, 0.25) is 11.8 Å². The number of carbonyl (C=O) groups excluding carboxylic acids is 2. The maximum absolute atomic E-state index is 13.4. The van der Waals surface area contributed by atoms with Crippen LogP contribution in [0.25, 0.3) is 0 Å². The lowest BCUT2D eigenvalue weighted by atomic mass is 9.77. The smallest absolute Gasteiger partial charge is 0.247 e. The molecule has 0 saturated carbocycles. The first-order valence-electron chi connectivity index (χ1n) is 13.6. The van der Waals surface area contributed by atoms with Crippen molar-refractivity contribution < 1.29 is 39.1 Å². The summed E-state index contributed by atoms with van der Waals surface area (Å²) in [6.45, 7) is 1.78. The summed E-state index contributed by atoms with van der Waals surface area (Å²) in [5.41, 5.74) is 2.47. The summed E-state index contributed by atoms with van der Waals surface area (Å²) in [7, 11) is 3.08. The van der Waals surface area contributed by atoms with Gasteiger partial charge in [-0.2, -0.15) is 0 Å². The average molecular weight is 555 g/mol. The Morgan fingerprint density at radius 2 is 1.90 bits per heavy atom. The third-order valence-corrected chi connectivity index (χ3v) is 7.41. The summed E-state index contributed by atoms with van der Waals surface area (Å²) >= 11 is 0. The highest BCUT2D eigenvalue weighted by Gasteiger charge is 2.51. The number of fused-ring (bicyclic) bond motifs is 3. The van der Waals surface area contributed by atoms with E-state index in [2.05, 4.69) is 5.32 Å². The van der Waals surface area contributed by atoms with E-state index in [1.807, 2.05) is 31.2 Å². The van der Waals surface area contributed by atoms with E-state index in [0.29, 0.717) is 53.3 Å². The van der Waals surface area contributed by atoms with Crippen molar-refractivity contribution in [3.05, 3.63) is 64.7 Å². The SMILES string of the molecule is CCCC(=O)N(CCc1cccc(OC)c1)[C@@H]1C=C(C(=O)NCCO)[C@@H]2c3cc(CO)cc(OC)c3O[C@@H]2[C@H]1O. The second-order valence-electron chi connectivity index (χ2n) is 9.96. The Morgan fingerprint density at radius 1 is 1.10 bits per heavy atom. The highest BCUT2D eigenvalue weighted by molar-refractivity contribution is 5.96. The molecule has 0 saturated heterocycles. The van der Waals surface area contributed by atoms with Gasteiger partial charge in [-0.15, -0.1) is 0 Å². The van der Waals surface area contributed by atoms with Gasteiger partial charge in [-0.1, -0.05) is 19.1 Å². The highest BCUT2D eigenvalue weighted by Crippen LogP contribution is 2.51. The van der Waals surface area contributed by atoms with Gasteiger partial charge in [-0.05, 0) is 54.3 Å². The Morgan fingerprint density at radius 3 is 2.58 bits per heavy atom. The Bertz CT molecular complexity index is 1250. The van der Waals surface area contributed by atoms with Gasteiger partial charge in [-0.3, -0.25) is 9.59 Å². The number of aliphatic hydroxyl groups is 3. The van der Waals surface area contributed by atoms with Crippen LogP contribution in [0.15, 0.2) is 48.0 Å². The first-order valence-corrected chi connectivity index (χ1v) is 13.6. The number of aliphatic hydroxyl groups excluding tert-OH is 3. The van der Waals surface area contributed by atoms with Crippen molar-refractivity contribution in [2.75, 3.05) is 33.9 Å². The molecular formula is C30H38N2O8. The third kappa shape index (κ3) is 5.94. The molecule has 0 aromatic heterocycles. The number of carbonyl (C=O) groups is 2. The fraction of sp³-hybridized carbons (Fsp3) is 0.467. The fourth-order valence-corrected chi connectivity index (χ4v) is 5.49. The average Bonchev–Trinajstić information content (AvgIpc) is 3.36. The van der Waals surface area contributed by atoms with Gasteiger partial charge < -0.3 is 39.7 Å². The van der Waals surface area contributed by atoms with Crippen LogP contribution in [0.5, 0.6) is 17.2 Å². The van der Waals surface area contributed by atoms with E-state index in [0.717, 1.165) is 5.56 Å². The van der Waals surface area contributed by atoms with Gasteiger partial charge >= 0.3 is 0 Å². The van der Waals surface area contributed by atoms with Gasteiger partial charge in [0.1, 0.15) is 18.0 Å². The Kier molecular flexibility index (Phi) is 9.67. The van der Waals surface area contributed by atoms with Crippen LogP contribution < -0.4 is 19.5 Å². The summed E-state index contributed by atoms with van der Waals surface area (Å²) < 4.78 is 17.1. The maximum atomic E-state index is 13.4. The molecule has 4 N–H and O–H groups in total. The molecule has 4 atom stereocenters. The Balaban J connectivity index is 1.75. The standard InChI is InChI=1S/C30H38N2O8/c1-4-6-25(35)32(11-9-18-7-5-8-20(13-18)38-2)23-16-22(30(37)31-10-12-33)26-21-14-19(17-34)15-24(39-3)28(21)40-29(26)27(23)36/h5,7-8,13-16,23,26-27,29,33-34,36H,4,6,9-12,17H2,1-3H3,(H,31,37)/t23-,26+,27+,29+/m1/s1. The summed E-state index contributed by atoms with van der Waals surface area (Å²) in [4.78, 5) is 28.4. The molecule has 4 rings (SSSR count). The van der Waals surface area contributed by atoms with Gasteiger partial charge in [0.15, 0.2) is 11.5 Å². The molecule has 2 amide bonds. The summed E-state index contributed by atoms with van der Waals surface area (Å²) in [5, 5.41) is 33.5. The molecule has 1 aliphatic heterocycles. The van der Waals surface area contributed by atoms with E-state index >= 15 is 0 Å². The molecular weight excluding hydrogens is 516 g/mol. The van der Waals surface area contributed by atoms with Crippen LogP contribution in [0.4, 0.5) is 0 Å². The van der Waals surface area contributed by atoms with Crippen molar-refractivity contribution in [1.29, 1.82) is 0 Å². The molecule has 10 heteroatoms. The molecule has 216 valence electrons. The predicted octanol–water partition coefficient (Wildman–Crippen LogP) is 1.69. The Hall–Kier alpha value is -3.60. The largest absolute Gasteiger partial charge is 0.497 e. The molecule has 0 bridgehead atoms. The highest BCUT2D eigenvalue weighted by atomic mass is 16.5. The number of methoxy groups -OCH3 is 2. The Labute approximate surface area is 234 Å². The first-order chi connectivity index (χ1) is 19.4. The number of nitrogens with one attached hydrogen (secondary N) is 1. The number of amides is 2. The third-order valence-electron chi connectivity index (χ3n) is 7.41. The molecule has 2 aromatic rings. The zero-order valence-corrected chi connectivity index (χ0v) is 23.1. The molecule has 40 heavy (non-hydrogen) atoms. The molecule has 2 aliphatic rings. The minimum absolute atomic E-state index is 0.0445.